The number of aryl methyl sites for hydroxylation is 3. The molecular formula is C24H23N3O4. The van der Waals surface area contributed by atoms with E-state index in [4.69, 9.17) is 19.2 Å². The fourth-order valence-corrected chi connectivity index (χ4v) is 3.37. The van der Waals surface area contributed by atoms with Gasteiger partial charge in [0.15, 0.2) is 0 Å². The molecule has 0 saturated heterocycles. The van der Waals surface area contributed by atoms with Crippen molar-refractivity contribution in [2.45, 2.75) is 26.7 Å². The summed E-state index contributed by atoms with van der Waals surface area (Å²) in [7, 11) is 2.87. The van der Waals surface area contributed by atoms with E-state index in [1.54, 1.807) is 25.1 Å². The quantitative estimate of drug-likeness (QED) is 0.525. The van der Waals surface area contributed by atoms with E-state index in [2.05, 4.69) is 22.3 Å². The molecule has 31 heavy (non-hydrogen) atoms. The van der Waals surface area contributed by atoms with Crippen LogP contribution < -0.4 is 4.74 Å². The number of aromatic nitrogens is 2. The molecular weight excluding hydrogens is 394 g/mol. The topological polar surface area (TPSA) is 98.2 Å². The third kappa shape index (κ3) is 4.98. The zero-order chi connectivity index (χ0) is 22.4. The molecule has 0 unspecified atom stereocenters. The number of nitriles is 1. The number of rotatable bonds is 7. The summed E-state index contributed by atoms with van der Waals surface area (Å²) in [5.41, 5.74) is 4.41. The molecule has 3 aromatic rings. The minimum atomic E-state index is -0.470. The second-order valence-electron chi connectivity index (χ2n) is 6.93. The first-order valence-electron chi connectivity index (χ1n) is 9.73. The molecule has 0 fully saturated rings. The Balaban J connectivity index is 2.06. The molecule has 0 spiro atoms. The van der Waals surface area contributed by atoms with Crippen LogP contribution in [0.5, 0.6) is 5.75 Å². The molecule has 0 bridgehead atoms. The Morgan fingerprint density at radius 2 is 1.87 bits per heavy atom. The van der Waals surface area contributed by atoms with Crippen molar-refractivity contribution in [3.63, 3.8) is 0 Å². The molecule has 0 aliphatic rings. The van der Waals surface area contributed by atoms with Crippen molar-refractivity contribution in [3.05, 3.63) is 82.1 Å². The zero-order valence-electron chi connectivity index (χ0n) is 17.9. The molecule has 0 aliphatic carbocycles. The predicted octanol–water partition coefficient (Wildman–Crippen LogP) is 4.42. The highest BCUT2D eigenvalue weighted by Gasteiger charge is 2.18. The lowest BCUT2D eigenvalue weighted by molar-refractivity contribution is 0.0597. The third-order valence-electron chi connectivity index (χ3n) is 4.79. The normalized spacial score (nSPS) is 11.1. The van der Waals surface area contributed by atoms with Crippen LogP contribution in [0.25, 0.3) is 5.57 Å². The molecule has 3 rings (SSSR count). The number of carbonyl (C=O) groups excluding carboxylic acids is 1. The van der Waals surface area contributed by atoms with Crippen molar-refractivity contribution in [3.8, 4) is 11.8 Å². The summed E-state index contributed by atoms with van der Waals surface area (Å²) in [6.07, 6.45) is 3.29. The Morgan fingerprint density at radius 3 is 2.45 bits per heavy atom. The molecule has 0 radical (unpaired) electrons. The van der Waals surface area contributed by atoms with E-state index in [1.807, 2.05) is 25.1 Å². The van der Waals surface area contributed by atoms with Gasteiger partial charge in [0.05, 0.1) is 25.9 Å². The Morgan fingerprint density at radius 1 is 1.13 bits per heavy atom. The second-order valence-corrected chi connectivity index (χ2v) is 6.93. The first-order valence-corrected chi connectivity index (χ1v) is 9.73. The number of hydrogen-bond donors (Lipinski definition) is 0. The van der Waals surface area contributed by atoms with Crippen molar-refractivity contribution in [1.29, 1.82) is 5.26 Å². The lowest BCUT2D eigenvalue weighted by Gasteiger charge is -2.15. The maximum atomic E-state index is 12.4. The first-order chi connectivity index (χ1) is 15.0. The summed E-state index contributed by atoms with van der Waals surface area (Å²) in [6.45, 7) is 3.63. The third-order valence-corrected chi connectivity index (χ3v) is 4.79. The second kappa shape index (κ2) is 9.72. The van der Waals surface area contributed by atoms with Crippen LogP contribution in [0, 0.1) is 25.2 Å². The van der Waals surface area contributed by atoms with Crippen LogP contribution >= 0.6 is 0 Å². The number of carbonyl (C=O) groups is 1. The van der Waals surface area contributed by atoms with Crippen molar-refractivity contribution in [2.75, 3.05) is 14.2 Å². The average molecular weight is 417 g/mol. The maximum Gasteiger partial charge on any atom is 0.341 e. The number of benzene rings is 2. The first kappa shape index (κ1) is 21.8. The molecule has 0 N–H and O–H groups in total. The molecule has 2 aromatic carbocycles. The SMILES string of the molecule is COC(=O)c1cc(/C(=C\CCc2nnc(C)o2)c2ccc(C#N)cc2)cc(C)c1OC. The summed E-state index contributed by atoms with van der Waals surface area (Å²) in [6, 6.07) is 13.2. The smallest absolute Gasteiger partial charge is 0.341 e. The summed E-state index contributed by atoms with van der Waals surface area (Å²) >= 11 is 0. The van der Waals surface area contributed by atoms with E-state index in [0.29, 0.717) is 41.5 Å². The lowest BCUT2D eigenvalue weighted by atomic mass is 9.92. The Labute approximate surface area is 180 Å². The number of esters is 1. The predicted molar refractivity (Wildman–Crippen MR) is 115 cm³/mol. The molecule has 0 atom stereocenters. The van der Waals surface area contributed by atoms with Crippen LogP contribution in [0.3, 0.4) is 0 Å². The van der Waals surface area contributed by atoms with E-state index in [-0.39, 0.29) is 0 Å². The fourth-order valence-electron chi connectivity index (χ4n) is 3.37. The number of nitrogens with zero attached hydrogens (tertiary/aromatic N) is 3. The van der Waals surface area contributed by atoms with Crippen molar-refractivity contribution < 1.29 is 18.7 Å². The number of allylic oxidation sites excluding steroid dienone is 1. The highest BCUT2D eigenvalue weighted by Crippen LogP contribution is 2.32. The molecule has 1 heterocycles. The molecule has 0 amide bonds. The van der Waals surface area contributed by atoms with Crippen LogP contribution in [0.4, 0.5) is 0 Å². The highest BCUT2D eigenvalue weighted by atomic mass is 16.5. The lowest BCUT2D eigenvalue weighted by Crippen LogP contribution is -2.07. The van der Waals surface area contributed by atoms with Gasteiger partial charge in [0.25, 0.3) is 0 Å². The van der Waals surface area contributed by atoms with Gasteiger partial charge in [-0.15, -0.1) is 10.2 Å². The number of methoxy groups -OCH3 is 2. The minimum Gasteiger partial charge on any atom is -0.496 e. The fraction of sp³-hybridized carbons (Fsp3) is 0.250. The Kier molecular flexibility index (Phi) is 6.83. The van der Waals surface area contributed by atoms with Crippen molar-refractivity contribution in [1.82, 2.24) is 10.2 Å². The van der Waals surface area contributed by atoms with Crippen LogP contribution in [0.1, 0.15) is 50.8 Å². The summed E-state index contributed by atoms with van der Waals surface area (Å²) < 4.78 is 15.8. The van der Waals surface area contributed by atoms with Gasteiger partial charge < -0.3 is 13.9 Å². The van der Waals surface area contributed by atoms with E-state index >= 15 is 0 Å². The van der Waals surface area contributed by atoms with Gasteiger partial charge in [0, 0.05) is 13.3 Å². The van der Waals surface area contributed by atoms with Crippen molar-refractivity contribution in [2.24, 2.45) is 0 Å². The molecule has 158 valence electrons. The molecule has 1 aromatic heterocycles. The maximum absolute atomic E-state index is 12.4. The van der Waals surface area contributed by atoms with E-state index in [1.165, 1.54) is 14.2 Å². The van der Waals surface area contributed by atoms with Crippen molar-refractivity contribution >= 4 is 11.5 Å². The molecule has 0 aliphatic heterocycles. The Hall–Kier alpha value is -3.92. The van der Waals surface area contributed by atoms with Gasteiger partial charge in [-0.3, -0.25) is 0 Å². The van der Waals surface area contributed by atoms with E-state index in [0.717, 1.165) is 22.3 Å². The summed E-state index contributed by atoms with van der Waals surface area (Å²) in [5, 5.41) is 17.0. The van der Waals surface area contributed by atoms with E-state index < -0.39 is 5.97 Å². The summed E-state index contributed by atoms with van der Waals surface area (Å²) in [5.74, 6) is 1.10. The average Bonchev–Trinajstić information content (AvgIpc) is 3.20. The monoisotopic (exact) mass is 417 g/mol. The summed E-state index contributed by atoms with van der Waals surface area (Å²) in [4.78, 5) is 12.4. The number of ether oxygens (including phenoxy) is 2. The molecule has 0 saturated carbocycles. The zero-order valence-corrected chi connectivity index (χ0v) is 17.9. The van der Waals surface area contributed by atoms with E-state index in [9.17, 15) is 4.79 Å². The van der Waals surface area contributed by atoms with Gasteiger partial charge in [-0.25, -0.2) is 4.79 Å². The van der Waals surface area contributed by atoms with Gasteiger partial charge >= 0.3 is 5.97 Å². The van der Waals surface area contributed by atoms with Crippen LogP contribution in [0.15, 0.2) is 46.9 Å². The van der Waals surface area contributed by atoms with Crippen LogP contribution in [-0.2, 0) is 11.2 Å². The van der Waals surface area contributed by atoms with Gasteiger partial charge in [-0.2, -0.15) is 5.26 Å². The number of hydrogen-bond acceptors (Lipinski definition) is 7. The highest BCUT2D eigenvalue weighted by molar-refractivity contribution is 5.95. The molecule has 7 nitrogen and oxygen atoms in total. The molecule has 7 heteroatoms. The van der Waals surface area contributed by atoms with Gasteiger partial charge in [-0.1, -0.05) is 18.2 Å². The standard InChI is InChI=1S/C24H23N3O4/c1-15-12-19(13-21(23(15)29-3)24(28)30-4)20(18-10-8-17(14-25)9-11-18)6-5-7-22-27-26-16(2)31-22/h6,8-13H,5,7H2,1-4H3/b20-6-. The Bertz CT molecular complexity index is 1150. The largest absolute Gasteiger partial charge is 0.496 e. The van der Waals surface area contributed by atoms with Gasteiger partial charge in [0.2, 0.25) is 11.8 Å². The van der Waals surface area contributed by atoms with Crippen LogP contribution in [0.2, 0.25) is 0 Å². The van der Waals surface area contributed by atoms with Crippen LogP contribution in [-0.4, -0.2) is 30.4 Å². The van der Waals surface area contributed by atoms with Gasteiger partial charge in [-0.05, 0) is 59.9 Å². The minimum absolute atomic E-state index is 0.354. The van der Waals surface area contributed by atoms with Gasteiger partial charge in [0.1, 0.15) is 11.3 Å².